The lowest BCUT2D eigenvalue weighted by Crippen LogP contribution is -2.43. The largest absolute Gasteiger partial charge is 0.484 e. The Kier molecular flexibility index (Phi) is 6.22. The van der Waals surface area contributed by atoms with Crippen LogP contribution in [0.3, 0.4) is 0 Å². The first kappa shape index (κ1) is 14.5. The SMILES string of the molecule is CC(C)CC(CN)NC(=O)COc1ccccc1. The van der Waals surface area contributed by atoms with Crippen molar-refractivity contribution < 1.29 is 9.53 Å². The summed E-state index contributed by atoms with van der Waals surface area (Å²) in [6, 6.07) is 9.31. The van der Waals surface area contributed by atoms with Crippen LogP contribution in [-0.2, 0) is 4.79 Å². The fraction of sp³-hybridized carbons (Fsp3) is 0.500. The minimum atomic E-state index is -0.130. The van der Waals surface area contributed by atoms with Gasteiger partial charge < -0.3 is 15.8 Å². The van der Waals surface area contributed by atoms with Crippen molar-refractivity contribution in [3.8, 4) is 5.75 Å². The Morgan fingerprint density at radius 3 is 2.56 bits per heavy atom. The van der Waals surface area contributed by atoms with Gasteiger partial charge in [-0.3, -0.25) is 4.79 Å². The van der Waals surface area contributed by atoms with E-state index in [1.807, 2.05) is 30.3 Å². The van der Waals surface area contributed by atoms with Gasteiger partial charge in [-0.1, -0.05) is 32.0 Å². The molecule has 0 aliphatic heterocycles. The predicted molar refractivity (Wildman–Crippen MR) is 72.4 cm³/mol. The zero-order valence-electron chi connectivity index (χ0n) is 11.1. The van der Waals surface area contributed by atoms with Crippen molar-refractivity contribution in [2.24, 2.45) is 11.7 Å². The highest BCUT2D eigenvalue weighted by Crippen LogP contribution is 2.08. The van der Waals surface area contributed by atoms with Gasteiger partial charge in [0.2, 0.25) is 0 Å². The minimum absolute atomic E-state index is 0.0249. The molecule has 0 saturated carbocycles. The zero-order chi connectivity index (χ0) is 13.4. The van der Waals surface area contributed by atoms with E-state index in [9.17, 15) is 4.79 Å². The summed E-state index contributed by atoms with van der Waals surface area (Å²) in [5.74, 6) is 1.07. The Balaban J connectivity index is 2.32. The number of carbonyl (C=O) groups is 1. The molecule has 100 valence electrons. The number of benzene rings is 1. The second kappa shape index (κ2) is 7.71. The van der Waals surface area contributed by atoms with Crippen LogP contribution < -0.4 is 15.8 Å². The fourth-order valence-corrected chi connectivity index (χ4v) is 1.72. The Labute approximate surface area is 109 Å². The maximum Gasteiger partial charge on any atom is 0.258 e. The molecule has 18 heavy (non-hydrogen) atoms. The summed E-state index contributed by atoms with van der Waals surface area (Å²) in [5.41, 5.74) is 5.62. The molecule has 1 atom stereocenters. The van der Waals surface area contributed by atoms with E-state index in [1.165, 1.54) is 0 Å². The molecule has 1 amide bonds. The molecule has 0 aromatic heterocycles. The van der Waals surface area contributed by atoms with E-state index in [1.54, 1.807) is 0 Å². The number of amides is 1. The fourth-order valence-electron chi connectivity index (χ4n) is 1.72. The third-order valence-electron chi connectivity index (χ3n) is 2.52. The normalized spacial score (nSPS) is 12.2. The van der Waals surface area contributed by atoms with E-state index >= 15 is 0 Å². The van der Waals surface area contributed by atoms with Crippen molar-refractivity contribution in [1.82, 2.24) is 5.32 Å². The van der Waals surface area contributed by atoms with Gasteiger partial charge in [-0.2, -0.15) is 0 Å². The van der Waals surface area contributed by atoms with E-state index in [-0.39, 0.29) is 18.6 Å². The number of hydrogen-bond acceptors (Lipinski definition) is 3. The molecule has 4 heteroatoms. The molecule has 0 heterocycles. The first-order chi connectivity index (χ1) is 8.61. The summed E-state index contributed by atoms with van der Waals surface area (Å²) in [6.07, 6.45) is 0.883. The Hall–Kier alpha value is -1.55. The van der Waals surface area contributed by atoms with Crippen molar-refractivity contribution in [3.63, 3.8) is 0 Å². The lowest BCUT2D eigenvalue weighted by molar-refractivity contribution is -0.123. The number of rotatable bonds is 7. The van der Waals surface area contributed by atoms with Gasteiger partial charge in [-0.25, -0.2) is 0 Å². The molecule has 1 unspecified atom stereocenters. The summed E-state index contributed by atoms with van der Waals surface area (Å²) >= 11 is 0. The van der Waals surface area contributed by atoms with Crippen LogP contribution in [0.4, 0.5) is 0 Å². The average molecular weight is 250 g/mol. The molecular weight excluding hydrogens is 228 g/mol. The molecule has 0 spiro atoms. The minimum Gasteiger partial charge on any atom is -0.484 e. The van der Waals surface area contributed by atoms with Gasteiger partial charge in [0.1, 0.15) is 5.75 Å². The first-order valence-electron chi connectivity index (χ1n) is 6.29. The summed E-state index contributed by atoms with van der Waals surface area (Å²) in [5, 5.41) is 2.88. The second-order valence-electron chi connectivity index (χ2n) is 4.73. The highest BCUT2D eigenvalue weighted by atomic mass is 16.5. The monoisotopic (exact) mass is 250 g/mol. The van der Waals surface area contributed by atoms with Crippen LogP contribution in [-0.4, -0.2) is 25.1 Å². The van der Waals surface area contributed by atoms with Gasteiger partial charge in [0, 0.05) is 12.6 Å². The number of hydrogen-bond donors (Lipinski definition) is 2. The third-order valence-corrected chi connectivity index (χ3v) is 2.52. The van der Waals surface area contributed by atoms with Crippen molar-refractivity contribution in [1.29, 1.82) is 0 Å². The maximum absolute atomic E-state index is 11.7. The molecule has 1 aromatic rings. The summed E-state index contributed by atoms with van der Waals surface area (Å²) in [6.45, 7) is 4.69. The van der Waals surface area contributed by atoms with Gasteiger partial charge in [0.15, 0.2) is 6.61 Å². The van der Waals surface area contributed by atoms with Crippen molar-refractivity contribution in [2.45, 2.75) is 26.3 Å². The smallest absolute Gasteiger partial charge is 0.258 e. The van der Waals surface area contributed by atoms with Crippen LogP contribution in [0, 0.1) is 5.92 Å². The van der Waals surface area contributed by atoms with E-state index in [2.05, 4.69) is 19.2 Å². The zero-order valence-corrected chi connectivity index (χ0v) is 11.1. The number of para-hydroxylation sites is 1. The number of ether oxygens (including phenoxy) is 1. The molecular formula is C14H22N2O2. The summed E-state index contributed by atoms with van der Waals surface area (Å²) < 4.78 is 5.37. The van der Waals surface area contributed by atoms with Crippen molar-refractivity contribution >= 4 is 5.91 Å². The van der Waals surface area contributed by atoms with Crippen LogP contribution in [0.2, 0.25) is 0 Å². The molecule has 1 aromatic carbocycles. The van der Waals surface area contributed by atoms with Crippen LogP contribution in [0.1, 0.15) is 20.3 Å². The quantitative estimate of drug-likeness (QED) is 0.771. The van der Waals surface area contributed by atoms with Crippen LogP contribution in [0.15, 0.2) is 30.3 Å². The van der Waals surface area contributed by atoms with Crippen LogP contribution in [0.5, 0.6) is 5.75 Å². The summed E-state index contributed by atoms with van der Waals surface area (Å²) in [7, 11) is 0. The van der Waals surface area contributed by atoms with Gasteiger partial charge in [0.05, 0.1) is 0 Å². The van der Waals surface area contributed by atoms with Gasteiger partial charge in [-0.05, 0) is 24.5 Å². The molecule has 0 aliphatic rings. The molecule has 0 fully saturated rings. The van der Waals surface area contributed by atoms with E-state index in [4.69, 9.17) is 10.5 Å². The topological polar surface area (TPSA) is 64.3 Å². The van der Waals surface area contributed by atoms with Crippen LogP contribution in [0.25, 0.3) is 0 Å². The lowest BCUT2D eigenvalue weighted by atomic mass is 10.0. The van der Waals surface area contributed by atoms with Crippen molar-refractivity contribution in [2.75, 3.05) is 13.2 Å². The standard InChI is InChI=1S/C14H22N2O2/c1-11(2)8-12(9-15)16-14(17)10-18-13-6-4-3-5-7-13/h3-7,11-12H,8-10,15H2,1-2H3,(H,16,17). The summed E-state index contributed by atoms with van der Waals surface area (Å²) in [4.78, 5) is 11.7. The molecule has 0 bridgehead atoms. The lowest BCUT2D eigenvalue weighted by Gasteiger charge is -2.18. The van der Waals surface area contributed by atoms with Gasteiger partial charge >= 0.3 is 0 Å². The Bertz CT molecular complexity index is 352. The van der Waals surface area contributed by atoms with Gasteiger partial charge in [0.25, 0.3) is 5.91 Å². The highest BCUT2D eigenvalue weighted by molar-refractivity contribution is 5.77. The van der Waals surface area contributed by atoms with E-state index in [0.29, 0.717) is 18.2 Å². The molecule has 0 aliphatic carbocycles. The van der Waals surface area contributed by atoms with Gasteiger partial charge in [-0.15, -0.1) is 0 Å². The maximum atomic E-state index is 11.7. The Morgan fingerprint density at radius 2 is 2.00 bits per heavy atom. The molecule has 0 saturated heterocycles. The molecule has 1 rings (SSSR count). The highest BCUT2D eigenvalue weighted by Gasteiger charge is 2.12. The number of carbonyl (C=O) groups excluding carboxylic acids is 1. The third kappa shape index (κ3) is 5.68. The predicted octanol–water partition coefficient (Wildman–Crippen LogP) is 1.55. The number of nitrogens with two attached hydrogens (primary N) is 1. The average Bonchev–Trinajstić information content (AvgIpc) is 2.36. The molecule has 3 N–H and O–H groups in total. The van der Waals surface area contributed by atoms with E-state index < -0.39 is 0 Å². The van der Waals surface area contributed by atoms with Crippen LogP contribution >= 0.6 is 0 Å². The van der Waals surface area contributed by atoms with Crippen molar-refractivity contribution in [3.05, 3.63) is 30.3 Å². The number of nitrogens with one attached hydrogen (secondary N) is 1. The first-order valence-corrected chi connectivity index (χ1v) is 6.29. The Morgan fingerprint density at radius 1 is 1.33 bits per heavy atom. The molecule has 4 nitrogen and oxygen atoms in total. The second-order valence-corrected chi connectivity index (χ2v) is 4.73. The van der Waals surface area contributed by atoms with E-state index in [0.717, 1.165) is 6.42 Å². The molecule has 0 radical (unpaired) electrons.